The van der Waals surface area contributed by atoms with Crippen LogP contribution in [0.5, 0.6) is 5.88 Å². The van der Waals surface area contributed by atoms with Crippen molar-refractivity contribution in [2.45, 2.75) is 49.8 Å². The van der Waals surface area contributed by atoms with Crippen LogP contribution in [0.15, 0.2) is 58.6 Å². The number of anilines is 2. The monoisotopic (exact) mass is 501 g/mol. The molecule has 35 heavy (non-hydrogen) atoms. The maximum absolute atomic E-state index is 13.3. The summed E-state index contributed by atoms with van der Waals surface area (Å²) in [5, 5.41) is 0. The number of nitrogens with zero attached hydrogens (tertiary/aromatic N) is 2. The fraction of sp³-hybridized carbons (Fsp3) is 0.519. The second-order valence-electron chi connectivity index (χ2n) is 9.88. The third kappa shape index (κ3) is 7.53. The minimum absolute atomic E-state index is 0.115. The van der Waals surface area contributed by atoms with Crippen LogP contribution in [-0.4, -0.2) is 49.3 Å². The van der Waals surface area contributed by atoms with Gasteiger partial charge in [-0.2, -0.15) is 0 Å². The fourth-order valence-electron chi connectivity index (χ4n) is 3.94. The predicted molar refractivity (Wildman–Crippen MR) is 141 cm³/mol. The molecule has 1 unspecified atom stereocenters. The summed E-state index contributed by atoms with van der Waals surface area (Å²) in [6.07, 6.45) is 4.41. The van der Waals surface area contributed by atoms with Crippen LogP contribution in [0.4, 0.5) is 11.4 Å². The van der Waals surface area contributed by atoms with Crippen molar-refractivity contribution in [1.29, 1.82) is 0 Å². The van der Waals surface area contributed by atoms with E-state index in [1.54, 1.807) is 31.5 Å². The topological polar surface area (TPSA) is 86.9 Å². The summed E-state index contributed by atoms with van der Waals surface area (Å²) < 4.78 is 29.6. The number of rotatable bonds is 11. The van der Waals surface area contributed by atoms with Gasteiger partial charge in [-0.25, -0.2) is 9.19 Å². The van der Waals surface area contributed by atoms with Crippen LogP contribution >= 0.6 is 0 Å². The highest BCUT2D eigenvalue weighted by atomic mass is 32.2. The average Bonchev–Trinajstić information content (AvgIpc) is 2.85. The molecule has 1 fully saturated rings. The van der Waals surface area contributed by atoms with Gasteiger partial charge in [-0.1, -0.05) is 27.4 Å². The number of hydrogen-bond acceptors (Lipinski definition) is 7. The zero-order chi connectivity index (χ0) is 25.4. The summed E-state index contributed by atoms with van der Waals surface area (Å²) >= 11 is 0. The van der Waals surface area contributed by atoms with E-state index in [0.717, 1.165) is 50.4 Å². The third-order valence-corrected chi connectivity index (χ3v) is 7.50. The highest BCUT2D eigenvalue weighted by molar-refractivity contribution is 7.85. The van der Waals surface area contributed by atoms with Crippen molar-refractivity contribution in [2.24, 2.45) is 11.3 Å². The maximum Gasteiger partial charge on any atom is 0.214 e. The zero-order valence-corrected chi connectivity index (χ0v) is 22.2. The lowest BCUT2D eigenvalue weighted by Gasteiger charge is -2.38. The molecule has 0 bridgehead atoms. The lowest BCUT2D eigenvalue weighted by atomic mass is 9.90. The number of benzene rings is 1. The molecule has 0 radical (unpaired) electrons. The molecule has 192 valence electrons. The minimum Gasteiger partial charge on any atom is -0.478 e. The Morgan fingerprint density at radius 2 is 1.91 bits per heavy atom. The Hall–Kier alpha value is -2.42. The molecule has 0 amide bonds. The molecule has 1 aromatic heterocycles. The highest BCUT2D eigenvalue weighted by Crippen LogP contribution is 2.37. The molecule has 0 aliphatic carbocycles. The number of allylic oxidation sites excluding steroid dienone is 1. The molecule has 1 saturated heterocycles. The van der Waals surface area contributed by atoms with Gasteiger partial charge in [0.05, 0.1) is 33.7 Å². The van der Waals surface area contributed by atoms with Crippen molar-refractivity contribution in [3.8, 4) is 5.88 Å². The summed E-state index contributed by atoms with van der Waals surface area (Å²) in [5.74, 6) is 0.954. The van der Waals surface area contributed by atoms with Gasteiger partial charge in [-0.15, -0.1) is 0 Å². The van der Waals surface area contributed by atoms with Gasteiger partial charge in [-0.3, -0.25) is 0 Å². The van der Waals surface area contributed by atoms with Crippen LogP contribution in [0.2, 0.25) is 0 Å². The van der Waals surface area contributed by atoms with Gasteiger partial charge in [0.15, 0.2) is 0 Å². The molecule has 2 heterocycles. The van der Waals surface area contributed by atoms with E-state index >= 15 is 0 Å². The molecule has 8 heteroatoms. The van der Waals surface area contributed by atoms with Crippen molar-refractivity contribution < 1.29 is 18.4 Å². The van der Waals surface area contributed by atoms with Crippen molar-refractivity contribution >= 4 is 22.2 Å². The molecule has 2 aromatic rings. The van der Waals surface area contributed by atoms with Gasteiger partial charge in [-0.05, 0) is 43.0 Å². The van der Waals surface area contributed by atoms with Gasteiger partial charge in [0, 0.05) is 68.2 Å². The SMILES string of the molecule is C=C(N(CC1CCOCC1)c1ccc(S(=O)c2ccnc(OCCCOC)c2)cc1N)C(C)(C)C. The lowest BCUT2D eigenvalue weighted by Crippen LogP contribution is -2.36. The summed E-state index contributed by atoms with van der Waals surface area (Å²) in [6, 6.07) is 9.10. The van der Waals surface area contributed by atoms with E-state index in [4.69, 9.17) is 19.9 Å². The van der Waals surface area contributed by atoms with Crippen LogP contribution < -0.4 is 15.4 Å². The first-order chi connectivity index (χ1) is 16.7. The molecule has 2 N–H and O–H groups in total. The number of hydrogen-bond donors (Lipinski definition) is 1. The molecule has 0 saturated carbocycles. The smallest absolute Gasteiger partial charge is 0.214 e. The Kier molecular flexibility index (Phi) is 9.71. The first-order valence-electron chi connectivity index (χ1n) is 12.1. The van der Waals surface area contributed by atoms with Crippen molar-refractivity contribution in [3.63, 3.8) is 0 Å². The van der Waals surface area contributed by atoms with E-state index in [9.17, 15) is 4.21 Å². The van der Waals surface area contributed by atoms with E-state index in [1.807, 2.05) is 12.1 Å². The molecule has 1 atom stereocenters. The Morgan fingerprint density at radius 3 is 2.57 bits per heavy atom. The maximum atomic E-state index is 13.3. The van der Waals surface area contributed by atoms with Crippen LogP contribution in [0, 0.1) is 11.3 Å². The Labute approximate surface area is 212 Å². The van der Waals surface area contributed by atoms with E-state index in [2.05, 4.69) is 37.2 Å². The molecular formula is C27H39N3O4S. The van der Waals surface area contributed by atoms with E-state index in [-0.39, 0.29) is 5.41 Å². The number of nitrogen functional groups attached to an aromatic ring is 1. The lowest BCUT2D eigenvalue weighted by molar-refractivity contribution is 0.0684. The molecule has 3 rings (SSSR count). The number of methoxy groups -OCH3 is 1. The van der Waals surface area contributed by atoms with E-state index in [1.165, 1.54) is 0 Å². The van der Waals surface area contributed by atoms with E-state index in [0.29, 0.717) is 40.5 Å². The second kappa shape index (κ2) is 12.5. The molecular weight excluding hydrogens is 462 g/mol. The summed E-state index contributed by atoms with van der Waals surface area (Å²) in [7, 11) is 0.241. The van der Waals surface area contributed by atoms with Gasteiger partial charge in [0.2, 0.25) is 5.88 Å². The fourth-order valence-corrected chi connectivity index (χ4v) is 5.03. The number of pyridine rings is 1. The predicted octanol–water partition coefficient (Wildman–Crippen LogP) is 5.04. The van der Waals surface area contributed by atoms with Crippen LogP contribution in [0.1, 0.15) is 40.0 Å². The van der Waals surface area contributed by atoms with Crippen LogP contribution in [0.25, 0.3) is 0 Å². The van der Waals surface area contributed by atoms with Gasteiger partial charge >= 0.3 is 0 Å². The Bertz CT molecular complexity index is 1020. The first-order valence-corrected chi connectivity index (χ1v) is 13.3. The second-order valence-corrected chi connectivity index (χ2v) is 11.4. The molecule has 1 aliphatic rings. The standard InChI is InChI=1S/C27H39N3O4S/c1-20(27(2,3)4)30(19-21-10-15-33-16-11-21)25-8-7-22(17-24(25)28)35(31)23-9-12-29-26(18-23)34-14-6-13-32-5/h7-9,12,17-18,21H,1,6,10-11,13-16,19,28H2,2-5H3. The summed E-state index contributed by atoms with van der Waals surface area (Å²) in [4.78, 5) is 7.70. The largest absolute Gasteiger partial charge is 0.478 e. The van der Waals surface area contributed by atoms with Gasteiger partial charge in [0.1, 0.15) is 0 Å². The average molecular weight is 502 g/mol. The minimum atomic E-state index is -1.41. The number of ether oxygens (including phenoxy) is 3. The normalized spacial score (nSPS) is 15.5. The van der Waals surface area contributed by atoms with E-state index < -0.39 is 10.8 Å². The number of aromatic nitrogens is 1. The first kappa shape index (κ1) is 27.2. The quantitative estimate of drug-likeness (QED) is 0.341. The van der Waals surface area contributed by atoms with Crippen molar-refractivity contribution in [1.82, 2.24) is 4.98 Å². The van der Waals surface area contributed by atoms with Crippen molar-refractivity contribution in [3.05, 3.63) is 48.8 Å². The third-order valence-electron chi connectivity index (χ3n) is 6.14. The zero-order valence-electron chi connectivity index (χ0n) is 21.4. The number of nitrogens with two attached hydrogens (primary N) is 1. The molecule has 1 aromatic carbocycles. The Balaban J connectivity index is 1.81. The van der Waals surface area contributed by atoms with Gasteiger partial charge in [0.25, 0.3) is 0 Å². The van der Waals surface area contributed by atoms with Gasteiger partial charge < -0.3 is 24.8 Å². The molecule has 1 aliphatic heterocycles. The molecule has 7 nitrogen and oxygen atoms in total. The Morgan fingerprint density at radius 1 is 1.20 bits per heavy atom. The van der Waals surface area contributed by atoms with Crippen LogP contribution in [0.3, 0.4) is 0 Å². The molecule has 0 spiro atoms. The van der Waals surface area contributed by atoms with Crippen LogP contribution in [-0.2, 0) is 20.3 Å². The highest BCUT2D eigenvalue weighted by Gasteiger charge is 2.27. The van der Waals surface area contributed by atoms with Crippen molar-refractivity contribution in [2.75, 3.05) is 50.7 Å². The summed E-state index contributed by atoms with van der Waals surface area (Å²) in [5.41, 5.74) is 8.93. The summed E-state index contributed by atoms with van der Waals surface area (Å²) in [6.45, 7) is 14.4.